The monoisotopic (exact) mass is 213 g/mol. The molecule has 2 fully saturated rings. The summed E-state index contributed by atoms with van der Waals surface area (Å²) in [6.07, 6.45) is 7.30. The van der Waals surface area contributed by atoms with Gasteiger partial charge in [0.15, 0.2) is 0 Å². The largest absolute Gasteiger partial charge is 0.379 e. The van der Waals surface area contributed by atoms with Crippen LogP contribution in [0.5, 0.6) is 0 Å². The minimum atomic E-state index is 0.572. The van der Waals surface area contributed by atoms with Crippen LogP contribution in [0.4, 0.5) is 0 Å². The van der Waals surface area contributed by atoms with Gasteiger partial charge in [-0.25, -0.2) is 0 Å². The number of hydrogen-bond acceptors (Lipinski definition) is 2. The molecule has 0 amide bonds. The summed E-state index contributed by atoms with van der Waals surface area (Å²) in [7, 11) is 0. The lowest BCUT2D eigenvalue weighted by atomic mass is 9.90. The molecule has 15 heavy (non-hydrogen) atoms. The molecule has 90 valence electrons. The summed E-state index contributed by atoms with van der Waals surface area (Å²) in [5.74, 6) is 0. The Kier molecular flexibility index (Phi) is 6.26. The smallest absolute Gasteiger partial charge is 0.0576 e. The van der Waals surface area contributed by atoms with Crippen LogP contribution in [0.15, 0.2) is 0 Å². The minimum Gasteiger partial charge on any atom is -0.379 e. The second-order valence-electron chi connectivity index (χ2n) is 4.28. The van der Waals surface area contributed by atoms with E-state index in [-0.39, 0.29) is 0 Å². The Morgan fingerprint density at radius 3 is 2.07 bits per heavy atom. The Labute approximate surface area is 95.0 Å². The molecule has 0 aromatic heterocycles. The maximum absolute atomic E-state index is 5.64. The fourth-order valence-electron chi connectivity index (χ4n) is 2.52. The first kappa shape index (κ1) is 13.0. The summed E-state index contributed by atoms with van der Waals surface area (Å²) >= 11 is 0. The van der Waals surface area contributed by atoms with Gasteiger partial charge in [-0.15, -0.1) is 0 Å². The minimum absolute atomic E-state index is 0.572. The maximum atomic E-state index is 5.64. The van der Waals surface area contributed by atoms with Crippen LogP contribution in [0.3, 0.4) is 0 Å². The molecular formula is C13H27NO. The van der Waals surface area contributed by atoms with E-state index in [1.165, 1.54) is 45.2 Å². The van der Waals surface area contributed by atoms with Crippen molar-refractivity contribution in [1.82, 2.24) is 4.90 Å². The second kappa shape index (κ2) is 7.24. The van der Waals surface area contributed by atoms with Crippen LogP contribution >= 0.6 is 0 Å². The van der Waals surface area contributed by atoms with Crippen molar-refractivity contribution in [2.24, 2.45) is 0 Å². The van der Waals surface area contributed by atoms with Crippen molar-refractivity contribution in [3.63, 3.8) is 0 Å². The lowest BCUT2D eigenvalue weighted by Gasteiger charge is -2.41. The highest BCUT2D eigenvalue weighted by Gasteiger charge is 2.28. The first-order valence-corrected chi connectivity index (χ1v) is 6.76. The molecule has 2 rings (SSSR count). The van der Waals surface area contributed by atoms with E-state index in [1.54, 1.807) is 0 Å². The first-order chi connectivity index (χ1) is 7.40. The maximum Gasteiger partial charge on any atom is 0.0576 e. The van der Waals surface area contributed by atoms with Crippen LogP contribution in [0.2, 0.25) is 0 Å². The van der Waals surface area contributed by atoms with Gasteiger partial charge in [-0.05, 0) is 52.1 Å². The predicted octanol–water partition coefficient (Wildman–Crippen LogP) is 3.07. The van der Waals surface area contributed by atoms with Gasteiger partial charge in [0.05, 0.1) is 6.10 Å². The fraction of sp³-hybridized carbons (Fsp3) is 1.00. The van der Waals surface area contributed by atoms with Crippen molar-refractivity contribution in [2.75, 3.05) is 19.7 Å². The van der Waals surface area contributed by atoms with Crippen LogP contribution in [-0.4, -0.2) is 36.7 Å². The van der Waals surface area contributed by atoms with Crippen molar-refractivity contribution in [2.45, 2.75) is 65.0 Å². The lowest BCUT2D eigenvalue weighted by Crippen LogP contribution is -2.47. The zero-order chi connectivity index (χ0) is 11.1. The number of rotatable bonds is 3. The predicted molar refractivity (Wildman–Crippen MR) is 65.2 cm³/mol. The van der Waals surface area contributed by atoms with Crippen LogP contribution in [0.25, 0.3) is 0 Å². The molecule has 0 atom stereocenters. The molecule has 1 heterocycles. The summed E-state index contributed by atoms with van der Waals surface area (Å²) in [6, 6.07) is 0.894. The van der Waals surface area contributed by atoms with Gasteiger partial charge >= 0.3 is 0 Å². The van der Waals surface area contributed by atoms with Crippen molar-refractivity contribution < 1.29 is 4.74 Å². The van der Waals surface area contributed by atoms with Gasteiger partial charge in [0.1, 0.15) is 0 Å². The quantitative estimate of drug-likeness (QED) is 0.714. The highest BCUT2D eigenvalue weighted by Crippen LogP contribution is 2.27. The standard InChI is InChI=1S/C11H21NO.C2H6/c1-2-13-11-6-4-10(5-7-11)12-8-3-9-12;1-2/h10-11H,2-9H2,1H3;1-2H3. The Bertz CT molecular complexity index is 149. The molecule has 1 aliphatic carbocycles. The Morgan fingerprint density at radius 2 is 1.67 bits per heavy atom. The van der Waals surface area contributed by atoms with Crippen LogP contribution in [0.1, 0.15) is 52.9 Å². The molecule has 0 radical (unpaired) electrons. The average Bonchev–Trinajstić information content (AvgIpc) is 2.22. The molecule has 0 aromatic carbocycles. The van der Waals surface area contributed by atoms with Crippen molar-refractivity contribution >= 4 is 0 Å². The molecule has 0 bridgehead atoms. The molecule has 0 N–H and O–H groups in total. The average molecular weight is 213 g/mol. The van der Waals surface area contributed by atoms with E-state index in [0.717, 1.165) is 12.6 Å². The van der Waals surface area contributed by atoms with Gasteiger partial charge in [-0.2, -0.15) is 0 Å². The van der Waals surface area contributed by atoms with Gasteiger partial charge in [0.2, 0.25) is 0 Å². The van der Waals surface area contributed by atoms with E-state index in [2.05, 4.69) is 11.8 Å². The van der Waals surface area contributed by atoms with E-state index in [0.29, 0.717) is 6.10 Å². The molecule has 1 aliphatic heterocycles. The summed E-state index contributed by atoms with van der Waals surface area (Å²) in [5, 5.41) is 0. The van der Waals surface area contributed by atoms with Crippen molar-refractivity contribution in [3.05, 3.63) is 0 Å². The number of likely N-dealkylation sites (tertiary alicyclic amines) is 1. The van der Waals surface area contributed by atoms with Crippen LogP contribution in [0, 0.1) is 0 Å². The number of nitrogens with zero attached hydrogens (tertiary/aromatic N) is 1. The van der Waals surface area contributed by atoms with E-state index in [4.69, 9.17) is 4.74 Å². The fourth-order valence-corrected chi connectivity index (χ4v) is 2.52. The van der Waals surface area contributed by atoms with Crippen molar-refractivity contribution in [1.29, 1.82) is 0 Å². The summed E-state index contributed by atoms with van der Waals surface area (Å²) in [4.78, 5) is 2.64. The van der Waals surface area contributed by atoms with Gasteiger partial charge in [0.25, 0.3) is 0 Å². The third-order valence-electron chi connectivity index (χ3n) is 3.45. The summed E-state index contributed by atoms with van der Waals surface area (Å²) < 4.78 is 5.64. The van der Waals surface area contributed by atoms with Gasteiger partial charge < -0.3 is 9.64 Å². The summed E-state index contributed by atoms with van der Waals surface area (Å²) in [5.41, 5.74) is 0. The molecule has 2 nitrogen and oxygen atoms in total. The first-order valence-electron chi connectivity index (χ1n) is 6.76. The molecule has 0 spiro atoms. The number of hydrogen-bond donors (Lipinski definition) is 0. The van der Waals surface area contributed by atoms with Gasteiger partial charge in [-0.3, -0.25) is 0 Å². The zero-order valence-corrected chi connectivity index (χ0v) is 10.7. The third kappa shape index (κ3) is 3.76. The Hall–Kier alpha value is -0.0800. The molecule has 0 aromatic rings. The Morgan fingerprint density at radius 1 is 1.07 bits per heavy atom. The van der Waals surface area contributed by atoms with E-state index in [9.17, 15) is 0 Å². The SMILES string of the molecule is CC.CCOC1CCC(N2CCC2)CC1. The molecule has 2 aliphatic rings. The van der Waals surface area contributed by atoms with E-state index >= 15 is 0 Å². The Balaban J connectivity index is 0.000000531. The highest BCUT2D eigenvalue weighted by molar-refractivity contribution is 4.83. The molecule has 0 unspecified atom stereocenters. The van der Waals surface area contributed by atoms with Crippen LogP contribution in [-0.2, 0) is 4.74 Å². The molecule has 2 heteroatoms. The second-order valence-corrected chi connectivity index (χ2v) is 4.28. The zero-order valence-electron chi connectivity index (χ0n) is 10.7. The third-order valence-corrected chi connectivity index (χ3v) is 3.45. The van der Waals surface area contributed by atoms with E-state index < -0.39 is 0 Å². The lowest BCUT2D eigenvalue weighted by molar-refractivity contribution is 0.00180. The highest BCUT2D eigenvalue weighted by atomic mass is 16.5. The molecule has 1 saturated carbocycles. The van der Waals surface area contributed by atoms with E-state index in [1.807, 2.05) is 13.8 Å². The van der Waals surface area contributed by atoms with Gasteiger partial charge in [0, 0.05) is 12.6 Å². The summed E-state index contributed by atoms with van der Waals surface area (Å²) in [6.45, 7) is 9.69. The normalized spacial score (nSPS) is 31.4. The molecular weight excluding hydrogens is 186 g/mol. The number of ether oxygens (including phenoxy) is 1. The molecule has 1 saturated heterocycles. The van der Waals surface area contributed by atoms with Crippen LogP contribution < -0.4 is 0 Å². The topological polar surface area (TPSA) is 12.5 Å². The van der Waals surface area contributed by atoms with Gasteiger partial charge in [-0.1, -0.05) is 13.8 Å². The van der Waals surface area contributed by atoms with Crippen molar-refractivity contribution in [3.8, 4) is 0 Å².